The van der Waals surface area contributed by atoms with Crippen molar-refractivity contribution in [2.75, 3.05) is 12.8 Å². The summed E-state index contributed by atoms with van der Waals surface area (Å²) in [4.78, 5) is 3.21. The summed E-state index contributed by atoms with van der Waals surface area (Å²) in [6.07, 6.45) is 0. The molecule has 0 unspecified atom stereocenters. The first-order valence-corrected chi connectivity index (χ1v) is 6.78. The van der Waals surface area contributed by atoms with Crippen LogP contribution in [-0.2, 0) is 0 Å². The third kappa shape index (κ3) is 2.67. The molecule has 4 heteroatoms. The summed E-state index contributed by atoms with van der Waals surface area (Å²) < 4.78 is 5.20. The number of aromatic nitrogens is 1. The van der Waals surface area contributed by atoms with Gasteiger partial charge in [0.15, 0.2) is 0 Å². The monoisotopic (exact) mass is 296 g/mol. The molecule has 0 bridgehead atoms. The third-order valence-corrected chi connectivity index (χ3v) is 3.44. The lowest BCUT2D eigenvalue weighted by Gasteiger charge is -1.98. The smallest absolute Gasteiger partial charge is 0.120 e. The second-order valence-corrected chi connectivity index (χ2v) is 5.02. The van der Waals surface area contributed by atoms with Crippen molar-refractivity contribution in [3.63, 3.8) is 0 Å². The third-order valence-electron chi connectivity index (χ3n) is 3.20. The van der Waals surface area contributed by atoms with Crippen LogP contribution < -0.4 is 10.5 Å². The lowest BCUT2D eigenvalue weighted by molar-refractivity contribution is 0.415. The van der Waals surface area contributed by atoms with Crippen molar-refractivity contribution in [1.29, 1.82) is 0 Å². The zero-order valence-electron chi connectivity index (χ0n) is 11.4. The number of ether oxygens (including phenoxy) is 1. The fourth-order valence-electron chi connectivity index (χ4n) is 2.12. The summed E-state index contributed by atoms with van der Waals surface area (Å²) in [5, 5.41) is 1.60. The molecule has 3 N–H and O–H groups in total. The molecule has 0 aliphatic carbocycles. The minimum Gasteiger partial charge on any atom is -0.497 e. The van der Waals surface area contributed by atoms with Gasteiger partial charge in [-0.15, -0.1) is 0 Å². The highest BCUT2D eigenvalue weighted by Gasteiger charge is 2.07. The summed E-state index contributed by atoms with van der Waals surface area (Å²) >= 11 is 5.94. The number of nitrogens with two attached hydrogens (primary N) is 1. The van der Waals surface area contributed by atoms with Gasteiger partial charge in [0, 0.05) is 22.0 Å². The number of hydrogen-bond donors (Lipinski definition) is 2. The zero-order chi connectivity index (χ0) is 14.8. The number of nitrogen functional groups attached to an aromatic ring is 1. The standard InChI is InChI=1S/C17H13ClN2O/c1-21-13-6-7-14-16(10-13)20-15(17(14)19)8-5-11-3-2-4-12(18)9-11/h2-4,6-7,9-10,20H,19H2,1H3. The molecule has 0 radical (unpaired) electrons. The SMILES string of the molecule is COc1ccc2c(N)c(C#Cc3cccc(Cl)c3)[nH]c2c1. The minimum atomic E-state index is 0.641. The fourth-order valence-corrected chi connectivity index (χ4v) is 2.32. The largest absolute Gasteiger partial charge is 0.497 e. The Balaban J connectivity index is 2.04. The highest BCUT2D eigenvalue weighted by atomic mass is 35.5. The average molecular weight is 297 g/mol. The predicted molar refractivity (Wildman–Crippen MR) is 86.7 cm³/mol. The van der Waals surface area contributed by atoms with Crippen LogP contribution in [0.5, 0.6) is 5.75 Å². The van der Waals surface area contributed by atoms with E-state index in [1.807, 2.05) is 42.5 Å². The van der Waals surface area contributed by atoms with Gasteiger partial charge in [-0.05, 0) is 36.3 Å². The molecule has 0 aliphatic rings. The van der Waals surface area contributed by atoms with Crippen LogP contribution in [0.4, 0.5) is 5.69 Å². The normalized spacial score (nSPS) is 10.2. The van der Waals surface area contributed by atoms with Crippen LogP contribution in [0.3, 0.4) is 0 Å². The van der Waals surface area contributed by atoms with Gasteiger partial charge in [0.1, 0.15) is 11.4 Å². The van der Waals surface area contributed by atoms with Gasteiger partial charge in [0.05, 0.1) is 18.3 Å². The van der Waals surface area contributed by atoms with Crippen LogP contribution in [0.2, 0.25) is 5.02 Å². The lowest BCUT2D eigenvalue weighted by Crippen LogP contribution is -1.86. The summed E-state index contributed by atoms with van der Waals surface area (Å²) in [6.45, 7) is 0. The summed E-state index contributed by atoms with van der Waals surface area (Å²) in [7, 11) is 1.63. The summed E-state index contributed by atoms with van der Waals surface area (Å²) in [5.41, 5.74) is 9.21. The molecular formula is C17H13ClN2O. The van der Waals surface area contributed by atoms with Crippen LogP contribution in [0.15, 0.2) is 42.5 Å². The second kappa shape index (κ2) is 5.43. The Hall–Kier alpha value is -2.57. The summed E-state index contributed by atoms with van der Waals surface area (Å²) in [5.74, 6) is 6.88. The van der Waals surface area contributed by atoms with E-state index in [-0.39, 0.29) is 0 Å². The number of H-pyrrole nitrogens is 1. The fraction of sp³-hybridized carbons (Fsp3) is 0.0588. The van der Waals surface area contributed by atoms with Gasteiger partial charge in [-0.3, -0.25) is 0 Å². The molecule has 0 saturated carbocycles. The van der Waals surface area contributed by atoms with Gasteiger partial charge in [-0.2, -0.15) is 0 Å². The van der Waals surface area contributed by atoms with E-state index in [9.17, 15) is 0 Å². The maximum Gasteiger partial charge on any atom is 0.120 e. The van der Waals surface area contributed by atoms with Crippen molar-refractivity contribution in [3.05, 3.63) is 58.7 Å². The number of halogens is 1. The molecule has 2 aromatic carbocycles. The maximum atomic E-state index is 6.12. The van der Waals surface area contributed by atoms with E-state index in [4.69, 9.17) is 22.1 Å². The Kier molecular flexibility index (Phi) is 3.47. The van der Waals surface area contributed by atoms with Crippen LogP contribution in [-0.4, -0.2) is 12.1 Å². The topological polar surface area (TPSA) is 51.0 Å². The molecule has 0 aliphatic heterocycles. The Morgan fingerprint density at radius 1 is 1.14 bits per heavy atom. The molecule has 0 spiro atoms. The van der Waals surface area contributed by atoms with Crippen LogP contribution in [0.25, 0.3) is 10.9 Å². The molecule has 0 atom stereocenters. The van der Waals surface area contributed by atoms with Crippen molar-refractivity contribution in [2.24, 2.45) is 0 Å². The van der Waals surface area contributed by atoms with Crippen molar-refractivity contribution in [3.8, 4) is 17.6 Å². The average Bonchev–Trinajstić information content (AvgIpc) is 2.81. The first-order chi connectivity index (χ1) is 10.2. The maximum absolute atomic E-state index is 6.12. The van der Waals surface area contributed by atoms with Crippen molar-refractivity contribution in [2.45, 2.75) is 0 Å². The number of anilines is 1. The van der Waals surface area contributed by atoms with Crippen molar-refractivity contribution in [1.82, 2.24) is 4.98 Å². The number of rotatable bonds is 1. The number of methoxy groups -OCH3 is 1. The van der Waals surface area contributed by atoms with E-state index < -0.39 is 0 Å². The van der Waals surface area contributed by atoms with Crippen molar-refractivity contribution >= 4 is 28.2 Å². The first kappa shape index (κ1) is 13.4. The molecule has 21 heavy (non-hydrogen) atoms. The van der Waals surface area contributed by atoms with E-state index >= 15 is 0 Å². The van der Waals surface area contributed by atoms with Gasteiger partial charge in [0.25, 0.3) is 0 Å². The molecule has 1 aromatic heterocycles. The van der Waals surface area contributed by atoms with E-state index in [2.05, 4.69) is 16.8 Å². The number of benzene rings is 2. The number of fused-ring (bicyclic) bond motifs is 1. The van der Waals surface area contributed by atoms with E-state index in [0.717, 1.165) is 22.2 Å². The molecule has 0 fully saturated rings. The highest BCUT2D eigenvalue weighted by Crippen LogP contribution is 2.27. The van der Waals surface area contributed by atoms with E-state index in [0.29, 0.717) is 16.4 Å². The Morgan fingerprint density at radius 3 is 2.76 bits per heavy atom. The lowest BCUT2D eigenvalue weighted by atomic mass is 10.2. The summed E-state index contributed by atoms with van der Waals surface area (Å²) in [6, 6.07) is 13.1. The Morgan fingerprint density at radius 2 is 2.00 bits per heavy atom. The van der Waals surface area contributed by atoms with Crippen LogP contribution in [0, 0.1) is 11.8 Å². The first-order valence-electron chi connectivity index (χ1n) is 6.40. The van der Waals surface area contributed by atoms with Gasteiger partial charge >= 0.3 is 0 Å². The van der Waals surface area contributed by atoms with Gasteiger partial charge < -0.3 is 15.5 Å². The second-order valence-electron chi connectivity index (χ2n) is 4.59. The molecule has 3 nitrogen and oxygen atoms in total. The van der Waals surface area contributed by atoms with Crippen LogP contribution in [0.1, 0.15) is 11.3 Å². The minimum absolute atomic E-state index is 0.641. The quantitative estimate of drug-likeness (QED) is 0.671. The zero-order valence-corrected chi connectivity index (χ0v) is 12.2. The van der Waals surface area contributed by atoms with Gasteiger partial charge in [-0.25, -0.2) is 0 Å². The molecule has 3 aromatic rings. The highest BCUT2D eigenvalue weighted by molar-refractivity contribution is 6.30. The number of nitrogens with one attached hydrogen (secondary N) is 1. The Labute approximate surface area is 127 Å². The van der Waals surface area contributed by atoms with Crippen LogP contribution >= 0.6 is 11.6 Å². The molecule has 0 saturated heterocycles. The van der Waals surface area contributed by atoms with E-state index in [1.165, 1.54) is 0 Å². The van der Waals surface area contributed by atoms with Crippen molar-refractivity contribution < 1.29 is 4.74 Å². The predicted octanol–water partition coefficient (Wildman–Crippen LogP) is 3.81. The molecule has 0 amide bonds. The Bertz CT molecular complexity index is 871. The number of aromatic amines is 1. The molecule has 104 valence electrons. The molecular weight excluding hydrogens is 284 g/mol. The molecule has 3 rings (SSSR count). The van der Waals surface area contributed by atoms with Gasteiger partial charge in [0.2, 0.25) is 0 Å². The van der Waals surface area contributed by atoms with Gasteiger partial charge in [-0.1, -0.05) is 23.6 Å². The van der Waals surface area contributed by atoms with E-state index in [1.54, 1.807) is 7.11 Å². The number of hydrogen-bond acceptors (Lipinski definition) is 2. The molecule has 1 heterocycles.